The quantitative estimate of drug-likeness (QED) is 0.0303. The number of amides is 2. The van der Waals surface area contributed by atoms with Crippen LogP contribution in [-0.4, -0.2) is 280 Å². The Morgan fingerprint density at radius 1 is 0.481 bits per heavy atom. The fourth-order valence-corrected chi connectivity index (χ4v) is 15.6. The van der Waals surface area contributed by atoms with E-state index < -0.39 is 139 Å². The molecule has 7 aliphatic rings. The standard InChI is InChI=1S/C18H21ClF2N4O3.C17H18F2N6O.C14H17F2NO.C14H17NO2.C13H17F2NO.C11H19F2NO3.C6H11F2NO/c1-17(2,3)28-16(26)25-7-4-18(20,21)11(9-25)10-27-15-14-12(8-13(19)24-15)22-5-6-23-14;1-25-9-11(7-23-25)13-6-14-15(22-5-4-21-14)16(24-13)26-10-12-8-20-3-2-17(12,18)19;1-11(18)13-10-17(8-7-14(13,15)16)9-12-5-3-2-4-6-12;1-11(16)13-10-15(8-7-14(13)17)9-12-5-3-2-4-6-12;14-13(15)6-7-16(9-12(13)10-17)8-11-4-2-1-3-5-11;1-10(2,3)17-9(16)14-5-4-11(12,13)8(6-14)7-15;7-6(8)1-2-9-3-5(6)4-10/h5-6,8,11H,4,7,9-10H2,1-3H3;4-7,9,12,20H,2-3,8,10H2,1H3;2-6,13H,7-10H2,1H3;2-6,13H,7-10H2,1H3;1-5,12,17H,6-10H2;8,15H,4-7H2,1-3H3;5,9-10H,1-4H2. The molecule has 15 rings (SSSR count). The Balaban J connectivity index is 0.000000178. The van der Waals surface area contributed by atoms with Crippen molar-refractivity contribution in [2.75, 3.05) is 125 Å². The van der Waals surface area contributed by atoms with Crippen molar-refractivity contribution in [2.45, 2.75) is 167 Å². The number of aromatic nitrogens is 8. The van der Waals surface area contributed by atoms with Gasteiger partial charge in [-0.2, -0.15) is 10.1 Å². The van der Waals surface area contributed by atoms with Gasteiger partial charge in [0.1, 0.15) is 40.3 Å². The van der Waals surface area contributed by atoms with Gasteiger partial charge in [-0.1, -0.05) is 103 Å². The average molecular weight is 1900 g/mol. The van der Waals surface area contributed by atoms with Crippen LogP contribution in [0, 0.1) is 41.4 Å². The molecule has 12 heterocycles. The van der Waals surface area contributed by atoms with Crippen molar-refractivity contribution in [2.24, 2.45) is 48.5 Å². The molecule has 0 radical (unpaired) electrons. The number of Topliss-reactive ketones (excluding diaryl/α,β-unsaturated/α-hetero) is 3. The van der Waals surface area contributed by atoms with Gasteiger partial charge < -0.3 is 54.7 Å². The predicted octanol–water partition coefficient (Wildman–Crippen LogP) is 14.6. The lowest BCUT2D eigenvalue weighted by Crippen LogP contribution is -2.52. The first-order valence-electron chi connectivity index (χ1n) is 44.1. The third-order valence-electron chi connectivity index (χ3n) is 23.2. The number of piperidine rings is 7. The van der Waals surface area contributed by atoms with E-state index in [1.165, 1.54) is 53.9 Å². The first-order valence-corrected chi connectivity index (χ1v) is 44.5. The van der Waals surface area contributed by atoms with Crippen molar-refractivity contribution in [3.05, 3.63) is 162 Å². The summed E-state index contributed by atoms with van der Waals surface area (Å²) in [6.45, 7) is 16.3. The number of likely N-dealkylation sites (tertiary alicyclic amines) is 5. The average Bonchev–Trinajstić information content (AvgIpc) is 1.78. The van der Waals surface area contributed by atoms with Crippen molar-refractivity contribution < 1.29 is 111 Å². The Hall–Kier alpha value is -9.87. The summed E-state index contributed by atoms with van der Waals surface area (Å²) in [4.78, 5) is 92.0. The van der Waals surface area contributed by atoms with Crippen molar-refractivity contribution in [3.63, 3.8) is 0 Å². The second-order valence-electron chi connectivity index (χ2n) is 36.0. The second kappa shape index (κ2) is 48.0. The lowest BCUT2D eigenvalue weighted by atomic mass is 9.90. The van der Waals surface area contributed by atoms with Crippen LogP contribution >= 0.6 is 11.6 Å². The zero-order chi connectivity index (χ0) is 97.3. The second-order valence-corrected chi connectivity index (χ2v) is 36.4. The number of carbonyl (C=O) groups excluding carboxylic acids is 5. The van der Waals surface area contributed by atoms with Crippen LogP contribution < -0.4 is 20.1 Å². The molecule has 7 fully saturated rings. The van der Waals surface area contributed by atoms with Crippen molar-refractivity contribution in [3.8, 4) is 23.0 Å². The number of benzene rings is 3. The smallest absolute Gasteiger partial charge is 0.410 e. The summed E-state index contributed by atoms with van der Waals surface area (Å²) in [5.74, 6) is -23.7. The number of carbonyl (C=O) groups is 5. The van der Waals surface area contributed by atoms with Crippen molar-refractivity contribution in [1.29, 1.82) is 0 Å². The summed E-state index contributed by atoms with van der Waals surface area (Å²) in [6.07, 6.45) is 7.14. The van der Waals surface area contributed by atoms with Gasteiger partial charge in [0.05, 0.1) is 90.8 Å². The number of nitrogens with zero attached hydrogens (tertiary/aromatic N) is 13. The molecular weight excluding hydrogens is 1780 g/mol. The minimum absolute atomic E-state index is 0.00670. The normalized spacial score (nSPS) is 22.6. The van der Waals surface area contributed by atoms with E-state index >= 15 is 0 Å². The van der Waals surface area contributed by atoms with Gasteiger partial charge in [-0.15, -0.1) is 0 Å². The monoisotopic (exact) mass is 1900 g/mol. The number of rotatable bonds is 18. The molecule has 40 heteroatoms. The maximum Gasteiger partial charge on any atom is 0.410 e. The number of halogens is 13. The number of alkyl halides is 12. The molecule has 0 aliphatic carbocycles. The molecule has 5 aromatic heterocycles. The Morgan fingerprint density at radius 2 is 0.887 bits per heavy atom. The number of ether oxygens (including phenoxy) is 4. The van der Waals surface area contributed by atoms with E-state index in [0.717, 1.165) is 29.8 Å². The fraction of sp³-hybridized carbons (Fsp3) is 0.570. The van der Waals surface area contributed by atoms with E-state index in [9.17, 15) is 76.7 Å². The number of ketones is 3. The SMILES string of the molecule is CC(=O)C1CN(Cc2ccccc2)CCC1(F)F.CC(=O)C1CN(Cc2ccccc2)CCC1=O.CC(C)(C)OC(=O)N1CCC(F)(F)C(CO)C1.CC(C)(C)OC(=O)N1CCC(F)(F)C(COc2nc(Cl)cc3nccnc23)C1.Cn1cc(-c2cc3nccnc3c(OCC3CNCCC3(F)F)n2)cn1.OCC1CN(Cc2ccccc2)CCC1(F)F.OCC1CNCCC1(F)F. The van der Waals surface area contributed by atoms with Gasteiger partial charge in [0.2, 0.25) is 11.8 Å². The zero-order valence-corrected chi connectivity index (χ0v) is 76.8. The summed E-state index contributed by atoms with van der Waals surface area (Å²) < 4.78 is 186. The molecule has 2 amide bonds. The van der Waals surface area contributed by atoms with Gasteiger partial charge >= 0.3 is 12.2 Å². The lowest BCUT2D eigenvalue weighted by Gasteiger charge is -2.38. The van der Waals surface area contributed by atoms with E-state index in [0.29, 0.717) is 80.0 Å². The molecule has 730 valence electrons. The molecular formula is C93H120ClF12N15O12. The maximum atomic E-state index is 14.4. The van der Waals surface area contributed by atoms with Gasteiger partial charge in [0, 0.05) is 206 Å². The van der Waals surface area contributed by atoms with Crippen LogP contribution in [0.1, 0.15) is 117 Å². The van der Waals surface area contributed by atoms with E-state index in [1.54, 1.807) is 71.7 Å². The maximum absolute atomic E-state index is 14.4. The lowest BCUT2D eigenvalue weighted by molar-refractivity contribution is -0.147. The molecule has 3 aromatic carbocycles. The summed E-state index contributed by atoms with van der Waals surface area (Å²) >= 11 is 5.95. The van der Waals surface area contributed by atoms with Crippen molar-refractivity contribution >= 4 is 63.2 Å². The highest BCUT2D eigenvalue weighted by atomic mass is 35.5. The van der Waals surface area contributed by atoms with E-state index in [-0.39, 0.29) is 120 Å². The molecule has 8 aromatic rings. The third kappa shape index (κ3) is 32.7. The summed E-state index contributed by atoms with van der Waals surface area (Å²) in [5.41, 5.74) is 5.29. The van der Waals surface area contributed by atoms with E-state index in [4.69, 9.17) is 45.9 Å². The molecule has 7 saturated heterocycles. The van der Waals surface area contributed by atoms with Gasteiger partial charge in [-0.3, -0.25) is 43.7 Å². The number of aryl methyl sites for hydroxylation is 1. The number of hydrogen-bond donors (Lipinski definition) is 5. The Labute approximate surface area is 770 Å². The van der Waals surface area contributed by atoms with Gasteiger partial charge in [0.25, 0.3) is 35.5 Å². The van der Waals surface area contributed by atoms with Gasteiger partial charge in [0.15, 0.2) is 11.0 Å². The molecule has 7 unspecified atom stereocenters. The number of fused-ring (bicyclic) bond motifs is 2. The van der Waals surface area contributed by atoms with Crippen LogP contribution in [0.3, 0.4) is 0 Å². The molecule has 7 atom stereocenters. The Bertz CT molecular complexity index is 5040. The van der Waals surface area contributed by atoms with Crippen LogP contribution in [0.5, 0.6) is 11.8 Å². The van der Waals surface area contributed by atoms with Crippen LogP contribution in [0.15, 0.2) is 140 Å². The highest BCUT2D eigenvalue weighted by Crippen LogP contribution is 2.40. The summed E-state index contributed by atoms with van der Waals surface area (Å²) in [6, 6.07) is 32.9. The first kappa shape index (κ1) is 107. The molecule has 7 aliphatic heterocycles. The van der Waals surface area contributed by atoms with Crippen LogP contribution in [0.4, 0.5) is 62.3 Å². The highest BCUT2D eigenvalue weighted by Gasteiger charge is 2.50. The largest absolute Gasteiger partial charge is 0.475 e. The topological polar surface area (TPSA) is 318 Å². The molecule has 0 saturated carbocycles. The predicted molar refractivity (Wildman–Crippen MR) is 473 cm³/mol. The van der Waals surface area contributed by atoms with Crippen molar-refractivity contribution in [1.82, 2.24) is 74.8 Å². The summed E-state index contributed by atoms with van der Waals surface area (Å²) in [5, 5.41) is 36.4. The molecule has 0 spiro atoms. The van der Waals surface area contributed by atoms with E-state index in [2.05, 4.69) is 62.7 Å². The number of aliphatic hydroxyl groups excluding tert-OH is 3. The molecule has 5 N–H and O–H groups in total. The molecule has 0 bridgehead atoms. The first-order chi connectivity index (χ1) is 62.7. The van der Waals surface area contributed by atoms with Crippen LogP contribution in [0.2, 0.25) is 5.15 Å². The Kier molecular flexibility index (Phi) is 38.6. The van der Waals surface area contributed by atoms with E-state index in [1.807, 2.05) is 94.9 Å². The van der Waals surface area contributed by atoms with Gasteiger partial charge in [-0.25, -0.2) is 77.2 Å². The zero-order valence-electron chi connectivity index (χ0n) is 76.1. The number of nitrogens with one attached hydrogen (secondary N) is 2. The van der Waals surface area contributed by atoms with Crippen LogP contribution in [-0.2, 0) is 50.5 Å². The number of aliphatic hydroxyl groups is 3. The molecule has 133 heavy (non-hydrogen) atoms. The van der Waals surface area contributed by atoms with Gasteiger partial charge in [-0.05, 0) is 78.1 Å². The Morgan fingerprint density at radius 3 is 1.33 bits per heavy atom. The highest BCUT2D eigenvalue weighted by molar-refractivity contribution is 6.30. The summed E-state index contributed by atoms with van der Waals surface area (Å²) in [7, 11) is 1.81. The number of hydrogen-bond acceptors (Lipinski definition) is 24. The fourth-order valence-electron chi connectivity index (χ4n) is 15.4. The van der Waals surface area contributed by atoms with Crippen LogP contribution in [0.25, 0.3) is 33.3 Å². The minimum atomic E-state index is -2.99. The molecule has 27 nitrogen and oxygen atoms in total. The minimum Gasteiger partial charge on any atom is -0.475 e. The number of pyridine rings is 2. The third-order valence-corrected chi connectivity index (χ3v) is 23.4.